The van der Waals surface area contributed by atoms with Crippen LogP contribution in [0.25, 0.3) is 0 Å². The Morgan fingerprint density at radius 1 is 1.08 bits per heavy atom. The molecule has 0 aromatic heterocycles. The van der Waals surface area contributed by atoms with E-state index in [0.29, 0.717) is 5.56 Å². The summed E-state index contributed by atoms with van der Waals surface area (Å²) in [6.45, 7) is 7.84. The van der Waals surface area contributed by atoms with Crippen LogP contribution in [0.15, 0.2) is 42.5 Å². The number of hydrogen-bond acceptors (Lipinski definition) is 3. The molecule has 25 heavy (non-hydrogen) atoms. The van der Waals surface area contributed by atoms with E-state index in [1.54, 1.807) is 12.1 Å². The van der Waals surface area contributed by atoms with Gasteiger partial charge in [0, 0.05) is 5.69 Å². The lowest BCUT2D eigenvalue weighted by Gasteiger charge is -2.16. The number of carbonyl (C=O) groups is 2. The molecular formula is C21H25NO3. The van der Waals surface area contributed by atoms with Crippen LogP contribution in [0.4, 0.5) is 5.69 Å². The maximum Gasteiger partial charge on any atom is 0.338 e. The van der Waals surface area contributed by atoms with E-state index in [1.165, 1.54) is 0 Å². The van der Waals surface area contributed by atoms with Crippen molar-refractivity contribution in [1.29, 1.82) is 0 Å². The van der Waals surface area contributed by atoms with E-state index in [-0.39, 0.29) is 18.4 Å². The van der Waals surface area contributed by atoms with Gasteiger partial charge in [-0.3, -0.25) is 4.79 Å². The molecule has 0 fully saturated rings. The van der Waals surface area contributed by atoms with Crippen LogP contribution in [-0.2, 0) is 16.0 Å². The number of esters is 1. The van der Waals surface area contributed by atoms with Crippen molar-refractivity contribution in [3.8, 4) is 0 Å². The lowest BCUT2D eigenvalue weighted by Crippen LogP contribution is -2.22. The first-order chi connectivity index (χ1) is 11.9. The van der Waals surface area contributed by atoms with Crippen LogP contribution in [-0.4, -0.2) is 18.5 Å². The first-order valence-corrected chi connectivity index (χ1v) is 8.57. The summed E-state index contributed by atoms with van der Waals surface area (Å²) in [5, 5.41) is 2.87. The van der Waals surface area contributed by atoms with Gasteiger partial charge in [-0.15, -0.1) is 0 Å². The highest BCUT2D eigenvalue weighted by Gasteiger charge is 2.14. The zero-order valence-corrected chi connectivity index (χ0v) is 15.3. The van der Waals surface area contributed by atoms with Crippen LogP contribution in [0.2, 0.25) is 0 Å². The largest absolute Gasteiger partial charge is 0.452 e. The smallest absolute Gasteiger partial charge is 0.338 e. The summed E-state index contributed by atoms with van der Waals surface area (Å²) in [6.07, 6.45) is 0.909. The third-order valence-corrected chi connectivity index (χ3v) is 4.12. The van der Waals surface area contributed by atoms with Crippen molar-refractivity contribution in [2.24, 2.45) is 0 Å². The van der Waals surface area contributed by atoms with Gasteiger partial charge in [0.15, 0.2) is 6.61 Å². The maximum absolute atomic E-state index is 12.2. The Kier molecular flexibility index (Phi) is 6.34. The fourth-order valence-electron chi connectivity index (χ4n) is 2.61. The zero-order valence-electron chi connectivity index (χ0n) is 15.3. The minimum atomic E-state index is -0.494. The van der Waals surface area contributed by atoms with Gasteiger partial charge in [0.2, 0.25) is 0 Å². The molecule has 0 aliphatic rings. The Labute approximate surface area is 149 Å². The molecule has 0 unspecified atom stereocenters. The molecule has 0 aliphatic heterocycles. The number of benzene rings is 2. The van der Waals surface area contributed by atoms with Crippen molar-refractivity contribution in [2.75, 3.05) is 11.9 Å². The summed E-state index contributed by atoms with van der Waals surface area (Å²) in [7, 11) is 0. The summed E-state index contributed by atoms with van der Waals surface area (Å²) >= 11 is 0. The monoisotopic (exact) mass is 339 g/mol. The van der Waals surface area contributed by atoms with Crippen molar-refractivity contribution < 1.29 is 14.3 Å². The molecule has 0 saturated heterocycles. The molecule has 0 heterocycles. The van der Waals surface area contributed by atoms with Crippen molar-refractivity contribution in [1.82, 2.24) is 0 Å². The molecule has 1 N–H and O–H groups in total. The second-order valence-electron chi connectivity index (χ2n) is 6.37. The molecule has 0 radical (unpaired) electrons. The maximum atomic E-state index is 12.2. The minimum Gasteiger partial charge on any atom is -0.452 e. The van der Waals surface area contributed by atoms with E-state index in [2.05, 4.69) is 26.1 Å². The molecule has 2 aromatic rings. The van der Waals surface area contributed by atoms with Gasteiger partial charge in [0.25, 0.3) is 5.91 Å². The van der Waals surface area contributed by atoms with Crippen LogP contribution < -0.4 is 5.32 Å². The summed E-state index contributed by atoms with van der Waals surface area (Å²) < 4.78 is 5.12. The first-order valence-electron chi connectivity index (χ1n) is 8.57. The third-order valence-electron chi connectivity index (χ3n) is 4.12. The van der Waals surface area contributed by atoms with Gasteiger partial charge in [-0.25, -0.2) is 4.79 Å². The van der Waals surface area contributed by atoms with E-state index in [4.69, 9.17) is 4.74 Å². The molecule has 0 bridgehead atoms. The Balaban J connectivity index is 1.98. The highest BCUT2D eigenvalue weighted by atomic mass is 16.5. The Bertz CT molecular complexity index is 748. The molecule has 4 nitrogen and oxygen atoms in total. The highest BCUT2D eigenvalue weighted by molar-refractivity contribution is 5.96. The van der Waals surface area contributed by atoms with E-state index in [9.17, 15) is 9.59 Å². The second-order valence-corrected chi connectivity index (χ2v) is 6.37. The lowest BCUT2D eigenvalue weighted by atomic mass is 9.98. The van der Waals surface area contributed by atoms with Gasteiger partial charge in [0.1, 0.15) is 0 Å². The van der Waals surface area contributed by atoms with Gasteiger partial charge < -0.3 is 10.1 Å². The number of hydrogen-bond donors (Lipinski definition) is 1. The van der Waals surface area contributed by atoms with Crippen molar-refractivity contribution >= 4 is 17.6 Å². The van der Waals surface area contributed by atoms with E-state index < -0.39 is 5.97 Å². The third kappa shape index (κ3) is 4.92. The topological polar surface area (TPSA) is 55.4 Å². The molecule has 0 spiro atoms. The highest BCUT2D eigenvalue weighted by Crippen LogP contribution is 2.27. The Morgan fingerprint density at radius 2 is 1.76 bits per heavy atom. The standard InChI is InChI=1S/C21H25NO3/c1-5-16-9-11-17(12-10-16)21(24)25-13-19(23)22-20-15(4)7-6-8-18(20)14(2)3/h6-12,14H,5,13H2,1-4H3,(H,22,23). The molecule has 132 valence electrons. The number of rotatable bonds is 6. The van der Waals surface area contributed by atoms with Crippen molar-refractivity contribution in [2.45, 2.75) is 40.0 Å². The average Bonchev–Trinajstić information content (AvgIpc) is 2.61. The number of aryl methyl sites for hydroxylation is 2. The van der Waals surface area contributed by atoms with Crippen LogP contribution in [0, 0.1) is 6.92 Å². The second kappa shape index (κ2) is 8.47. The predicted molar refractivity (Wildman–Crippen MR) is 100 cm³/mol. The Hall–Kier alpha value is -2.62. The number of ether oxygens (including phenoxy) is 1. The van der Waals surface area contributed by atoms with Gasteiger partial charge in [-0.1, -0.05) is 51.1 Å². The molecule has 1 amide bonds. The molecule has 0 atom stereocenters. The number of anilines is 1. The quantitative estimate of drug-likeness (QED) is 0.790. The summed E-state index contributed by atoms with van der Waals surface area (Å²) in [5.41, 5.74) is 4.44. The van der Waals surface area contributed by atoms with Crippen molar-refractivity contribution in [3.05, 3.63) is 64.7 Å². The van der Waals surface area contributed by atoms with Crippen LogP contribution in [0.1, 0.15) is 53.7 Å². The molecule has 2 rings (SSSR count). The van der Waals surface area contributed by atoms with Gasteiger partial charge in [-0.05, 0) is 48.1 Å². The number of nitrogens with one attached hydrogen (secondary N) is 1. The SMILES string of the molecule is CCc1ccc(C(=O)OCC(=O)Nc2c(C)cccc2C(C)C)cc1. The zero-order chi connectivity index (χ0) is 18.4. The minimum absolute atomic E-state index is 0.287. The fourth-order valence-corrected chi connectivity index (χ4v) is 2.61. The number of carbonyl (C=O) groups excluding carboxylic acids is 2. The number of para-hydroxylation sites is 1. The van der Waals surface area contributed by atoms with Gasteiger partial charge >= 0.3 is 5.97 Å². The molecule has 0 saturated carbocycles. The molecule has 4 heteroatoms. The fraction of sp³-hybridized carbons (Fsp3) is 0.333. The van der Waals surface area contributed by atoms with Crippen LogP contribution >= 0.6 is 0 Å². The first kappa shape index (κ1) is 18.7. The van der Waals surface area contributed by atoms with Crippen LogP contribution in [0.3, 0.4) is 0 Å². The molecular weight excluding hydrogens is 314 g/mol. The van der Waals surface area contributed by atoms with E-state index in [0.717, 1.165) is 28.8 Å². The summed E-state index contributed by atoms with van der Waals surface area (Å²) in [6, 6.07) is 13.1. The number of amides is 1. The molecule has 0 aliphatic carbocycles. The average molecular weight is 339 g/mol. The van der Waals surface area contributed by atoms with E-state index >= 15 is 0 Å². The van der Waals surface area contributed by atoms with Crippen LogP contribution in [0.5, 0.6) is 0 Å². The normalized spacial score (nSPS) is 10.6. The molecule has 2 aromatic carbocycles. The predicted octanol–water partition coefficient (Wildman–Crippen LogP) is 4.48. The summed E-state index contributed by atoms with van der Waals surface area (Å²) in [5.74, 6) is -0.545. The summed E-state index contributed by atoms with van der Waals surface area (Å²) in [4.78, 5) is 24.2. The Morgan fingerprint density at radius 3 is 2.36 bits per heavy atom. The van der Waals surface area contributed by atoms with Gasteiger partial charge in [-0.2, -0.15) is 0 Å². The van der Waals surface area contributed by atoms with E-state index in [1.807, 2.05) is 37.3 Å². The van der Waals surface area contributed by atoms with Gasteiger partial charge in [0.05, 0.1) is 5.56 Å². The van der Waals surface area contributed by atoms with Crippen molar-refractivity contribution in [3.63, 3.8) is 0 Å². The lowest BCUT2D eigenvalue weighted by molar-refractivity contribution is -0.119.